The van der Waals surface area contributed by atoms with E-state index >= 15 is 0 Å². The smallest absolute Gasteiger partial charge is 0.115 e. The molecule has 1 rings (SSSR count). The first kappa shape index (κ1) is 10.9. The number of aryl methyl sites for hydroxylation is 1. The molecule has 0 spiro atoms. The molecule has 0 amide bonds. The fraction of sp³-hybridized carbons (Fsp3) is 0.500. The zero-order valence-corrected chi connectivity index (χ0v) is 9.33. The molecule has 0 aliphatic heterocycles. The summed E-state index contributed by atoms with van der Waals surface area (Å²) in [6, 6.07) is 5.85. The van der Waals surface area contributed by atoms with Gasteiger partial charge in [0, 0.05) is 11.7 Å². The highest BCUT2D eigenvalue weighted by Crippen LogP contribution is 2.21. The number of phenols is 1. The van der Waals surface area contributed by atoms with Crippen LogP contribution in [0.1, 0.15) is 26.3 Å². The van der Waals surface area contributed by atoms with Gasteiger partial charge in [0.05, 0.1) is 0 Å². The van der Waals surface area contributed by atoms with Gasteiger partial charge in [0.2, 0.25) is 0 Å². The third-order valence-corrected chi connectivity index (χ3v) is 2.59. The largest absolute Gasteiger partial charge is 0.508 e. The number of anilines is 1. The Morgan fingerprint density at radius 2 is 1.86 bits per heavy atom. The number of hydrogen-bond donors (Lipinski definition) is 2. The van der Waals surface area contributed by atoms with Gasteiger partial charge in [0.25, 0.3) is 0 Å². The fourth-order valence-corrected chi connectivity index (χ4v) is 1.22. The van der Waals surface area contributed by atoms with Crippen LogP contribution in [0.3, 0.4) is 0 Å². The van der Waals surface area contributed by atoms with Crippen LogP contribution in [0, 0.1) is 12.8 Å². The molecule has 0 bridgehead atoms. The van der Waals surface area contributed by atoms with Crippen LogP contribution in [0.4, 0.5) is 5.69 Å². The van der Waals surface area contributed by atoms with Gasteiger partial charge in [-0.05, 0) is 43.5 Å². The molecule has 0 radical (unpaired) electrons. The van der Waals surface area contributed by atoms with Crippen molar-refractivity contribution < 1.29 is 5.11 Å². The Kier molecular flexibility index (Phi) is 3.39. The van der Waals surface area contributed by atoms with Crippen LogP contribution >= 0.6 is 0 Å². The minimum Gasteiger partial charge on any atom is -0.508 e. The number of nitrogens with one attached hydrogen (secondary N) is 1. The quantitative estimate of drug-likeness (QED) is 0.723. The highest BCUT2D eigenvalue weighted by atomic mass is 16.3. The van der Waals surface area contributed by atoms with E-state index in [9.17, 15) is 5.11 Å². The van der Waals surface area contributed by atoms with Gasteiger partial charge >= 0.3 is 0 Å². The summed E-state index contributed by atoms with van der Waals surface area (Å²) in [4.78, 5) is 0. The number of hydrogen-bond acceptors (Lipinski definition) is 2. The molecule has 2 heteroatoms. The Morgan fingerprint density at radius 1 is 1.21 bits per heavy atom. The molecule has 0 fully saturated rings. The lowest BCUT2D eigenvalue weighted by Crippen LogP contribution is -2.21. The molecule has 0 saturated heterocycles. The average molecular weight is 193 g/mol. The van der Waals surface area contributed by atoms with Gasteiger partial charge in [-0.25, -0.2) is 0 Å². The lowest BCUT2D eigenvalue weighted by Gasteiger charge is -2.20. The summed E-state index contributed by atoms with van der Waals surface area (Å²) in [5.74, 6) is 0.924. The maximum absolute atomic E-state index is 9.25. The molecule has 0 saturated carbocycles. The van der Waals surface area contributed by atoms with Gasteiger partial charge in [0.1, 0.15) is 5.75 Å². The van der Waals surface area contributed by atoms with Crippen molar-refractivity contribution in [2.75, 3.05) is 5.32 Å². The lowest BCUT2D eigenvalue weighted by molar-refractivity contribution is 0.475. The van der Waals surface area contributed by atoms with Gasteiger partial charge in [-0.15, -0.1) is 0 Å². The first-order valence-corrected chi connectivity index (χ1v) is 5.07. The molecule has 1 aromatic carbocycles. The standard InChI is InChI=1S/C12H19NO/c1-8(2)10(4)13-12-6-5-11(14)7-9(12)3/h5-8,10,13-14H,1-4H3. The van der Waals surface area contributed by atoms with Crippen LogP contribution in [0.15, 0.2) is 18.2 Å². The monoisotopic (exact) mass is 193 g/mol. The van der Waals surface area contributed by atoms with E-state index in [1.165, 1.54) is 0 Å². The minimum atomic E-state index is 0.324. The molecule has 1 atom stereocenters. The topological polar surface area (TPSA) is 32.3 Å². The van der Waals surface area contributed by atoms with Gasteiger partial charge in [-0.2, -0.15) is 0 Å². The molecule has 0 aliphatic carbocycles. The van der Waals surface area contributed by atoms with Crippen molar-refractivity contribution in [2.45, 2.75) is 33.7 Å². The summed E-state index contributed by atoms with van der Waals surface area (Å²) in [6.45, 7) is 8.53. The van der Waals surface area contributed by atoms with E-state index in [1.54, 1.807) is 12.1 Å². The number of benzene rings is 1. The van der Waals surface area contributed by atoms with Crippen molar-refractivity contribution in [1.82, 2.24) is 0 Å². The summed E-state index contributed by atoms with van der Waals surface area (Å²) < 4.78 is 0. The second-order valence-corrected chi connectivity index (χ2v) is 4.18. The van der Waals surface area contributed by atoms with Crippen LogP contribution in [0.5, 0.6) is 5.75 Å². The van der Waals surface area contributed by atoms with Crippen molar-refractivity contribution >= 4 is 5.69 Å². The Labute approximate surface area is 86.0 Å². The lowest BCUT2D eigenvalue weighted by atomic mass is 10.1. The van der Waals surface area contributed by atoms with E-state index in [4.69, 9.17) is 0 Å². The van der Waals surface area contributed by atoms with Crippen molar-refractivity contribution in [1.29, 1.82) is 0 Å². The van der Waals surface area contributed by atoms with E-state index in [1.807, 2.05) is 13.0 Å². The van der Waals surface area contributed by atoms with Gasteiger partial charge in [-0.1, -0.05) is 13.8 Å². The third kappa shape index (κ3) is 2.66. The van der Waals surface area contributed by atoms with Gasteiger partial charge in [-0.3, -0.25) is 0 Å². The third-order valence-electron chi connectivity index (χ3n) is 2.59. The van der Waals surface area contributed by atoms with Crippen molar-refractivity contribution in [3.8, 4) is 5.75 Å². The molecular weight excluding hydrogens is 174 g/mol. The number of phenolic OH excluding ortho intramolecular Hbond substituents is 1. The van der Waals surface area contributed by atoms with Crippen molar-refractivity contribution in [3.05, 3.63) is 23.8 Å². The van der Waals surface area contributed by atoms with E-state index < -0.39 is 0 Å². The number of aromatic hydroxyl groups is 1. The first-order valence-electron chi connectivity index (χ1n) is 5.07. The van der Waals surface area contributed by atoms with Crippen LogP contribution in [0.25, 0.3) is 0 Å². The van der Waals surface area contributed by atoms with E-state index in [2.05, 4.69) is 26.1 Å². The average Bonchev–Trinajstić information content (AvgIpc) is 2.09. The van der Waals surface area contributed by atoms with E-state index in [0.29, 0.717) is 17.7 Å². The molecule has 0 heterocycles. The summed E-state index contributed by atoms with van der Waals surface area (Å²) in [6.07, 6.45) is 0. The van der Waals surface area contributed by atoms with Crippen LogP contribution in [0.2, 0.25) is 0 Å². The molecule has 78 valence electrons. The highest BCUT2D eigenvalue weighted by Gasteiger charge is 2.07. The molecular formula is C12H19NO. The molecule has 14 heavy (non-hydrogen) atoms. The van der Waals surface area contributed by atoms with Gasteiger partial charge in [0.15, 0.2) is 0 Å². The fourth-order valence-electron chi connectivity index (χ4n) is 1.22. The first-order chi connectivity index (χ1) is 6.50. The van der Waals surface area contributed by atoms with Crippen molar-refractivity contribution in [2.24, 2.45) is 5.92 Å². The highest BCUT2D eigenvalue weighted by molar-refractivity contribution is 5.53. The molecule has 1 aromatic rings. The predicted octanol–water partition coefficient (Wildman–Crippen LogP) is 3.16. The second-order valence-electron chi connectivity index (χ2n) is 4.18. The van der Waals surface area contributed by atoms with Crippen molar-refractivity contribution in [3.63, 3.8) is 0 Å². The number of rotatable bonds is 3. The second kappa shape index (κ2) is 4.36. The van der Waals surface area contributed by atoms with Gasteiger partial charge < -0.3 is 10.4 Å². The summed E-state index contributed by atoms with van der Waals surface area (Å²) in [5, 5.41) is 12.7. The summed E-state index contributed by atoms with van der Waals surface area (Å²) in [7, 11) is 0. The zero-order chi connectivity index (χ0) is 10.7. The normalized spacial score (nSPS) is 12.9. The maximum atomic E-state index is 9.25. The van der Waals surface area contributed by atoms with Crippen LogP contribution < -0.4 is 5.32 Å². The Bertz CT molecular complexity index is 307. The Hall–Kier alpha value is -1.18. The Morgan fingerprint density at radius 3 is 2.36 bits per heavy atom. The van der Waals surface area contributed by atoms with E-state index in [-0.39, 0.29) is 0 Å². The zero-order valence-electron chi connectivity index (χ0n) is 9.33. The van der Waals surface area contributed by atoms with Crippen LogP contribution in [-0.2, 0) is 0 Å². The predicted molar refractivity (Wildman–Crippen MR) is 60.8 cm³/mol. The molecule has 2 N–H and O–H groups in total. The molecule has 0 aliphatic rings. The SMILES string of the molecule is Cc1cc(O)ccc1NC(C)C(C)C. The Balaban J connectivity index is 2.77. The van der Waals surface area contributed by atoms with Crippen LogP contribution in [-0.4, -0.2) is 11.1 Å². The van der Waals surface area contributed by atoms with E-state index in [0.717, 1.165) is 11.3 Å². The summed E-state index contributed by atoms with van der Waals surface area (Å²) in [5.41, 5.74) is 2.18. The maximum Gasteiger partial charge on any atom is 0.115 e. The minimum absolute atomic E-state index is 0.324. The molecule has 0 aromatic heterocycles. The summed E-state index contributed by atoms with van der Waals surface area (Å²) >= 11 is 0. The molecule has 2 nitrogen and oxygen atoms in total. The molecule has 1 unspecified atom stereocenters.